The van der Waals surface area contributed by atoms with E-state index in [2.05, 4.69) is 46.5 Å². The average Bonchev–Trinajstić information content (AvgIpc) is 2.67. The van der Waals surface area contributed by atoms with Gasteiger partial charge in [0.1, 0.15) is 0 Å². The molecule has 1 N–H and O–H groups in total. The number of aliphatic imine (C=N–C) groups is 1. The molecule has 0 atom stereocenters. The van der Waals surface area contributed by atoms with Gasteiger partial charge in [0.05, 0.1) is 6.61 Å². The fourth-order valence-electron chi connectivity index (χ4n) is 3.06. The van der Waals surface area contributed by atoms with Gasteiger partial charge in [0.2, 0.25) is 0 Å². The lowest BCUT2D eigenvalue weighted by Crippen LogP contribution is -2.39. The Morgan fingerprint density at radius 3 is 2.50 bits per heavy atom. The van der Waals surface area contributed by atoms with Gasteiger partial charge >= 0.3 is 0 Å². The predicted molar refractivity (Wildman–Crippen MR) is 118 cm³/mol. The Balaban J connectivity index is 0.00000338. The number of ether oxygens (including phenoxy) is 2. The number of guanidine groups is 1. The van der Waals surface area contributed by atoms with Crippen LogP contribution >= 0.6 is 24.0 Å². The zero-order valence-corrected chi connectivity index (χ0v) is 18.7. The molecule has 148 valence electrons. The maximum Gasteiger partial charge on any atom is 0.193 e. The molecule has 0 aromatic heterocycles. The van der Waals surface area contributed by atoms with Crippen molar-refractivity contribution in [2.24, 2.45) is 10.9 Å². The van der Waals surface area contributed by atoms with Gasteiger partial charge in [-0.2, -0.15) is 0 Å². The number of nitrogens with one attached hydrogen (secondary N) is 1. The highest BCUT2D eigenvalue weighted by Crippen LogP contribution is 2.18. The van der Waals surface area contributed by atoms with Crippen molar-refractivity contribution >= 4 is 29.9 Å². The van der Waals surface area contributed by atoms with E-state index in [-0.39, 0.29) is 24.0 Å². The second kappa shape index (κ2) is 13.3. The normalized spacial score (nSPS) is 15.4. The Kier molecular flexibility index (Phi) is 11.9. The zero-order chi connectivity index (χ0) is 17.9. The van der Waals surface area contributed by atoms with E-state index in [1.807, 2.05) is 14.0 Å². The number of hydrogen-bond acceptors (Lipinski definition) is 3. The van der Waals surface area contributed by atoms with Gasteiger partial charge in [0.15, 0.2) is 5.96 Å². The van der Waals surface area contributed by atoms with Crippen LogP contribution in [0.1, 0.15) is 37.3 Å². The summed E-state index contributed by atoms with van der Waals surface area (Å²) in [6.45, 7) is 7.09. The molecule has 0 spiro atoms. The Morgan fingerprint density at radius 1 is 1.23 bits per heavy atom. The highest BCUT2D eigenvalue weighted by atomic mass is 127. The number of halogens is 1. The first-order valence-corrected chi connectivity index (χ1v) is 9.38. The first kappa shape index (κ1) is 23.2. The average molecular weight is 475 g/mol. The van der Waals surface area contributed by atoms with Crippen LogP contribution in [-0.4, -0.2) is 51.3 Å². The van der Waals surface area contributed by atoms with E-state index in [1.165, 1.54) is 30.4 Å². The van der Waals surface area contributed by atoms with Gasteiger partial charge in [-0.1, -0.05) is 24.3 Å². The fourth-order valence-corrected chi connectivity index (χ4v) is 3.06. The summed E-state index contributed by atoms with van der Waals surface area (Å²) >= 11 is 0. The van der Waals surface area contributed by atoms with Gasteiger partial charge in [-0.15, -0.1) is 24.0 Å². The molecule has 1 aromatic carbocycles. The van der Waals surface area contributed by atoms with Gasteiger partial charge in [-0.05, 0) is 43.2 Å². The van der Waals surface area contributed by atoms with Crippen molar-refractivity contribution in [2.75, 3.05) is 40.5 Å². The number of rotatable bonds is 8. The maximum atomic E-state index is 5.44. The first-order valence-electron chi connectivity index (χ1n) is 9.38. The largest absolute Gasteiger partial charge is 0.381 e. The third-order valence-corrected chi connectivity index (χ3v) is 4.73. The van der Waals surface area contributed by atoms with Crippen molar-refractivity contribution in [2.45, 2.75) is 39.3 Å². The Bertz CT molecular complexity index is 516. The molecule has 1 aromatic rings. The van der Waals surface area contributed by atoms with Crippen molar-refractivity contribution in [1.82, 2.24) is 10.2 Å². The molecule has 0 saturated carbocycles. The predicted octanol–water partition coefficient (Wildman–Crippen LogP) is 3.67. The molecular weight excluding hydrogens is 441 g/mol. The lowest BCUT2D eigenvalue weighted by molar-refractivity contribution is 0.0625. The van der Waals surface area contributed by atoms with E-state index in [4.69, 9.17) is 9.47 Å². The summed E-state index contributed by atoms with van der Waals surface area (Å²) in [5.74, 6) is 1.73. The fraction of sp³-hybridized carbons (Fsp3) is 0.650. The zero-order valence-electron chi connectivity index (χ0n) is 16.4. The molecule has 1 aliphatic heterocycles. The molecule has 5 nitrogen and oxygen atoms in total. The summed E-state index contributed by atoms with van der Waals surface area (Å²) in [6, 6.07) is 8.56. The van der Waals surface area contributed by atoms with Crippen LogP contribution in [-0.2, 0) is 22.6 Å². The van der Waals surface area contributed by atoms with E-state index in [9.17, 15) is 0 Å². The van der Waals surface area contributed by atoms with E-state index in [0.717, 1.165) is 44.8 Å². The van der Waals surface area contributed by atoms with Crippen LogP contribution < -0.4 is 5.32 Å². The molecule has 2 rings (SSSR count). The Hall–Kier alpha value is -0.860. The number of hydrogen-bond donors (Lipinski definition) is 1. The van der Waals surface area contributed by atoms with Crippen molar-refractivity contribution in [1.29, 1.82) is 0 Å². The second-order valence-corrected chi connectivity index (χ2v) is 6.62. The van der Waals surface area contributed by atoms with Gasteiger partial charge in [-0.3, -0.25) is 4.99 Å². The van der Waals surface area contributed by atoms with Crippen molar-refractivity contribution in [3.05, 3.63) is 35.4 Å². The Morgan fingerprint density at radius 2 is 1.88 bits per heavy atom. The minimum Gasteiger partial charge on any atom is -0.381 e. The lowest BCUT2D eigenvalue weighted by Gasteiger charge is -2.26. The smallest absolute Gasteiger partial charge is 0.193 e. The van der Waals surface area contributed by atoms with Crippen LogP contribution in [0, 0.1) is 5.92 Å². The third-order valence-electron chi connectivity index (χ3n) is 4.73. The molecule has 1 heterocycles. The summed E-state index contributed by atoms with van der Waals surface area (Å²) in [5, 5.41) is 3.46. The standard InChI is InChI=1S/C20H33N3O2.HI/c1-4-24-16-19-7-5-18(6-8-19)15-22-20(21-2)23(3)12-9-17-10-13-25-14-11-17;/h5-8,17H,4,9-16H2,1-3H3,(H,21,22);1H. The van der Waals surface area contributed by atoms with Crippen molar-refractivity contribution in [3.63, 3.8) is 0 Å². The minimum atomic E-state index is 0. The van der Waals surface area contributed by atoms with Crippen LogP contribution in [0.15, 0.2) is 29.3 Å². The molecule has 26 heavy (non-hydrogen) atoms. The first-order chi connectivity index (χ1) is 12.2. The van der Waals surface area contributed by atoms with Crippen LogP contribution in [0.5, 0.6) is 0 Å². The SMILES string of the molecule is CCOCc1ccc(CNC(=NC)N(C)CCC2CCOCC2)cc1.I. The quantitative estimate of drug-likeness (QED) is 0.354. The van der Waals surface area contributed by atoms with Gasteiger partial charge in [0, 0.05) is 47.0 Å². The van der Waals surface area contributed by atoms with E-state index in [0.29, 0.717) is 6.61 Å². The molecule has 1 saturated heterocycles. The van der Waals surface area contributed by atoms with Crippen molar-refractivity contribution < 1.29 is 9.47 Å². The number of nitrogens with zero attached hydrogens (tertiary/aromatic N) is 2. The second-order valence-electron chi connectivity index (χ2n) is 6.62. The van der Waals surface area contributed by atoms with Crippen LogP contribution in [0.4, 0.5) is 0 Å². The minimum absolute atomic E-state index is 0. The molecule has 0 bridgehead atoms. The van der Waals surface area contributed by atoms with Gasteiger partial charge < -0.3 is 19.7 Å². The van der Waals surface area contributed by atoms with E-state index < -0.39 is 0 Å². The summed E-state index contributed by atoms with van der Waals surface area (Å²) in [7, 11) is 3.96. The highest BCUT2D eigenvalue weighted by Gasteiger charge is 2.15. The molecule has 0 radical (unpaired) electrons. The molecule has 0 aliphatic carbocycles. The monoisotopic (exact) mass is 475 g/mol. The van der Waals surface area contributed by atoms with Crippen molar-refractivity contribution in [3.8, 4) is 0 Å². The molecule has 6 heteroatoms. The molecule has 0 unspecified atom stereocenters. The summed E-state index contributed by atoms with van der Waals surface area (Å²) in [5.41, 5.74) is 2.46. The van der Waals surface area contributed by atoms with Crippen LogP contribution in [0.2, 0.25) is 0 Å². The van der Waals surface area contributed by atoms with E-state index >= 15 is 0 Å². The summed E-state index contributed by atoms with van der Waals surface area (Å²) in [6.07, 6.45) is 3.58. The topological polar surface area (TPSA) is 46.1 Å². The van der Waals surface area contributed by atoms with Crippen LogP contribution in [0.3, 0.4) is 0 Å². The molecule has 1 aliphatic rings. The maximum absolute atomic E-state index is 5.44. The lowest BCUT2D eigenvalue weighted by atomic mass is 9.96. The molecule has 0 amide bonds. The van der Waals surface area contributed by atoms with Gasteiger partial charge in [0.25, 0.3) is 0 Å². The number of benzene rings is 1. The summed E-state index contributed by atoms with van der Waals surface area (Å²) < 4.78 is 10.9. The van der Waals surface area contributed by atoms with Crippen LogP contribution in [0.25, 0.3) is 0 Å². The highest BCUT2D eigenvalue weighted by molar-refractivity contribution is 14.0. The Labute approximate surface area is 175 Å². The molecule has 1 fully saturated rings. The molecular formula is C20H34IN3O2. The van der Waals surface area contributed by atoms with Gasteiger partial charge in [-0.25, -0.2) is 0 Å². The van der Waals surface area contributed by atoms with E-state index in [1.54, 1.807) is 0 Å². The summed E-state index contributed by atoms with van der Waals surface area (Å²) in [4.78, 5) is 6.63. The third kappa shape index (κ3) is 8.22.